The molecule has 3 rings (SSSR count). The zero-order valence-electron chi connectivity index (χ0n) is 11.8. The summed E-state index contributed by atoms with van der Waals surface area (Å²) in [5, 5.41) is 7.65. The Morgan fingerprint density at radius 1 is 1.25 bits per heavy atom. The monoisotopic (exact) mass is 270 g/mol. The first kappa shape index (κ1) is 12.7. The molecule has 3 aromatic rings. The summed E-state index contributed by atoms with van der Waals surface area (Å²) >= 11 is 0. The van der Waals surface area contributed by atoms with E-state index in [4.69, 9.17) is 4.42 Å². The number of fused-ring (bicyclic) bond motifs is 1. The van der Waals surface area contributed by atoms with E-state index in [-0.39, 0.29) is 0 Å². The van der Waals surface area contributed by atoms with Crippen molar-refractivity contribution >= 4 is 17.1 Å². The Morgan fingerprint density at radius 2 is 2.10 bits per heavy atom. The Hall–Kier alpha value is -2.30. The highest BCUT2D eigenvalue weighted by Crippen LogP contribution is 2.17. The fourth-order valence-electron chi connectivity index (χ4n) is 2.27. The zero-order chi connectivity index (χ0) is 13.9. The first-order valence-corrected chi connectivity index (χ1v) is 6.83. The number of hydrogen-bond donors (Lipinski definition) is 1. The molecule has 1 aromatic carbocycles. The lowest BCUT2D eigenvalue weighted by Gasteiger charge is -2.04. The Labute approximate surface area is 117 Å². The number of benzene rings is 1. The third-order valence-corrected chi connectivity index (χ3v) is 3.22. The third-order valence-electron chi connectivity index (χ3n) is 3.22. The molecule has 0 spiro atoms. The van der Waals surface area contributed by atoms with Gasteiger partial charge in [0.2, 0.25) is 0 Å². The highest BCUT2D eigenvalue weighted by Gasteiger charge is 2.04. The van der Waals surface area contributed by atoms with Gasteiger partial charge < -0.3 is 9.73 Å². The smallest absolute Gasteiger partial charge is 0.295 e. The van der Waals surface area contributed by atoms with E-state index in [1.54, 1.807) is 0 Å². The third kappa shape index (κ3) is 2.66. The molecule has 20 heavy (non-hydrogen) atoms. The van der Waals surface area contributed by atoms with Gasteiger partial charge in [0.15, 0.2) is 5.58 Å². The van der Waals surface area contributed by atoms with Crippen LogP contribution in [0.15, 0.2) is 34.7 Å². The molecule has 0 radical (unpaired) electrons. The molecule has 0 saturated heterocycles. The summed E-state index contributed by atoms with van der Waals surface area (Å²) in [6, 6.07) is 10.4. The molecule has 0 atom stereocenters. The molecule has 2 heterocycles. The number of para-hydroxylation sites is 2. The topological polar surface area (TPSA) is 55.9 Å². The molecule has 1 N–H and O–H groups in total. The molecular weight excluding hydrogens is 252 g/mol. The highest BCUT2D eigenvalue weighted by atomic mass is 16.4. The number of nitrogens with zero attached hydrogens (tertiary/aromatic N) is 3. The summed E-state index contributed by atoms with van der Waals surface area (Å²) in [7, 11) is 0. The summed E-state index contributed by atoms with van der Waals surface area (Å²) in [5.41, 5.74) is 3.96. The van der Waals surface area contributed by atoms with Crippen LogP contribution < -0.4 is 5.32 Å². The van der Waals surface area contributed by atoms with Crippen molar-refractivity contribution in [1.29, 1.82) is 0 Å². The van der Waals surface area contributed by atoms with Crippen LogP contribution in [0, 0.1) is 13.8 Å². The molecule has 104 valence electrons. The molecule has 2 aromatic heterocycles. The quantitative estimate of drug-likeness (QED) is 0.724. The van der Waals surface area contributed by atoms with E-state index in [0.29, 0.717) is 6.01 Å². The van der Waals surface area contributed by atoms with Gasteiger partial charge in [-0.25, -0.2) is 0 Å². The van der Waals surface area contributed by atoms with Crippen LogP contribution in [-0.4, -0.2) is 21.3 Å². The molecular formula is C15H18N4O. The van der Waals surface area contributed by atoms with E-state index in [1.165, 1.54) is 5.69 Å². The fraction of sp³-hybridized carbons (Fsp3) is 0.333. The molecule has 0 fully saturated rings. The number of rotatable bonds is 5. The number of oxazole rings is 1. The van der Waals surface area contributed by atoms with Gasteiger partial charge in [-0.1, -0.05) is 12.1 Å². The molecule has 5 nitrogen and oxygen atoms in total. The molecule has 0 amide bonds. The standard InChI is InChI=1S/C15H18N4O/c1-11-10-12(2)19(18-11)9-5-8-16-15-17-13-6-3-4-7-14(13)20-15/h3-4,6-7,10H,5,8-9H2,1-2H3,(H,16,17). The van der Waals surface area contributed by atoms with Crippen LogP contribution in [0.4, 0.5) is 6.01 Å². The van der Waals surface area contributed by atoms with Crippen LogP contribution >= 0.6 is 0 Å². The van der Waals surface area contributed by atoms with Gasteiger partial charge in [0.25, 0.3) is 6.01 Å². The maximum absolute atomic E-state index is 5.60. The van der Waals surface area contributed by atoms with Crippen LogP contribution in [0.3, 0.4) is 0 Å². The van der Waals surface area contributed by atoms with Crippen molar-refractivity contribution in [3.8, 4) is 0 Å². The molecule has 0 aliphatic carbocycles. The second-order valence-corrected chi connectivity index (χ2v) is 4.92. The number of aromatic nitrogens is 3. The number of nitrogens with one attached hydrogen (secondary N) is 1. The summed E-state index contributed by atoms with van der Waals surface area (Å²) in [4.78, 5) is 4.38. The minimum absolute atomic E-state index is 0.583. The molecule has 0 bridgehead atoms. The van der Waals surface area contributed by atoms with Crippen LogP contribution in [0.1, 0.15) is 17.8 Å². The maximum Gasteiger partial charge on any atom is 0.295 e. The van der Waals surface area contributed by atoms with Crippen LogP contribution in [0.25, 0.3) is 11.1 Å². The van der Waals surface area contributed by atoms with Crippen molar-refractivity contribution in [2.24, 2.45) is 0 Å². The van der Waals surface area contributed by atoms with Gasteiger partial charge >= 0.3 is 0 Å². The van der Waals surface area contributed by atoms with Crippen molar-refractivity contribution in [2.45, 2.75) is 26.8 Å². The average molecular weight is 270 g/mol. The largest absolute Gasteiger partial charge is 0.424 e. The first-order valence-electron chi connectivity index (χ1n) is 6.83. The Morgan fingerprint density at radius 3 is 2.85 bits per heavy atom. The zero-order valence-corrected chi connectivity index (χ0v) is 11.8. The van der Waals surface area contributed by atoms with E-state index < -0.39 is 0 Å². The van der Waals surface area contributed by atoms with Gasteiger partial charge in [0, 0.05) is 18.8 Å². The summed E-state index contributed by atoms with van der Waals surface area (Å²) < 4.78 is 7.63. The summed E-state index contributed by atoms with van der Waals surface area (Å²) in [6.45, 7) is 5.80. The van der Waals surface area contributed by atoms with E-state index >= 15 is 0 Å². The molecule has 0 aliphatic rings. The van der Waals surface area contributed by atoms with Crippen molar-refractivity contribution < 1.29 is 4.42 Å². The molecule has 0 saturated carbocycles. The first-order chi connectivity index (χ1) is 9.72. The van der Waals surface area contributed by atoms with Gasteiger partial charge in [-0.15, -0.1) is 0 Å². The number of aryl methyl sites for hydroxylation is 3. The maximum atomic E-state index is 5.60. The van der Waals surface area contributed by atoms with Gasteiger partial charge in [0.05, 0.1) is 5.69 Å². The Balaban J connectivity index is 1.53. The van der Waals surface area contributed by atoms with Crippen LogP contribution in [-0.2, 0) is 6.54 Å². The minimum atomic E-state index is 0.583. The minimum Gasteiger partial charge on any atom is -0.424 e. The lowest BCUT2D eigenvalue weighted by atomic mass is 10.3. The Bertz CT molecular complexity index is 681. The van der Waals surface area contributed by atoms with Gasteiger partial charge in [-0.3, -0.25) is 4.68 Å². The van der Waals surface area contributed by atoms with E-state index in [9.17, 15) is 0 Å². The summed E-state index contributed by atoms with van der Waals surface area (Å²) in [6.07, 6.45) is 0.973. The lowest BCUT2D eigenvalue weighted by molar-refractivity contribution is 0.563. The highest BCUT2D eigenvalue weighted by molar-refractivity contribution is 5.74. The van der Waals surface area contributed by atoms with Crippen molar-refractivity contribution in [3.63, 3.8) is 0 Å². The van der Waals surface area contributed by atoms with Gasteiger partial charge in [0.1, 0.15) is 5.52 Å². The van der Waals surface area contributed by atoms with E-state index in [1.807, 2.05) is 35.9 Å². The number of anilines is 1. The van der Waals surface area contributed by atoms with Crippen LogP contribution in [0.5, 0.6) is 0 Å². The number of hydrogen-bond acceptors (Lipinski definition) is 4. The predicted octanol–water partition coefficient (Wildman–Crippen LogP) is 3.14. The summed E-state index contributed by atoms with van der Waals surface area (Å²) in [5.74, 6) is 0. The van der Waals surface area contributed by atoms with Gasteiger partial charge in [-0.2, -0.15) is 10.1 Å². The fourth-order valence-corrected chi connectivity index (χ4v) is 2.27. The van der Waals surface area contributed by atoms with E-state index in [0.717, 1.165) is 36.3 Å². The molecule has 0 aliphatic heterocycles. The normalized spacial score (nSPS) is 11.1. The average Bonchev–Trinajstić information content (AvgIpc) is 2.97. The van der Waals surface area contributed by atoms with Crippen molar-refractivity contribution in [3.05, 3.63) is 41.7 Å². The Kier molecular flexibility index (Phi) is 3.41. The second kappa shape index (κ2) is 5.36. The SMILES string of the molecule is Cc1cc(C)n(CCCNc2nc3ccccc3o2)n1. The molecule has 0 unspecified atom stereocenters. The van der Waals surface area contributed by atoms with E-state index in [2.05, 4.69) is 28.4 Å². The molecule has 5 heteroatoms. The lowest BCUT2D eigenvalue weighted by Crippen LogP contribution is -2.09. The second-order valence-electron chi connectivity index (χ2n) is 4.92. The predicted molar refractivity (Wildman–Crippen MR) is 78.8 cm³/mol. The van der Waals surface area contributed by atoms with Crippen molar-refractivity contribution in [2.75, 3.05) is 11.9 Å². The van der Waals surface area contributed by atoms with Gasteiger partial charge in [-0.05, 0) is 38.5 Å². The van der Waals surface area contributed by atoms with Crippen LogP contribution in [0.2, 0.25) is 0 Å². The van der Waals surface area contributed by atoms with Crippen molar-refractivity contribution in [1.82, 2.24) is 14.8 Å².